The van der Waals surface area contributed by atoms with Crippen LogP contribution in [-0.4, -0.2) is 33.1 Å². The van der Waals surface area contributed by atoms with Crippen LogP contribution in [0.1, 0.15) is 36.2 Å². The van der Waals surface area contributed by atoms with E-state index in [2.05, 4.69) is 20.6 Å². The van der Waals surface area contributed by atoms with E-state index < -0.39 is 17.7 Å². The van der Waals surface area contributed by atoms with E-state index in [-0.39, 0.29) is 28.8 Å². The summed E-state index contributed by atoms with van der Waals surface area (Å²) in [6.07, 6.45) is 5.09. The first-order valence-electron chi connectivity index (χ1n) is 10.2. The van der Waals surface area contributed by atoms with Crippen molar-refractivity contribution >= 4 is 40.9 Å². The quantitative estimate of drug-likeness (QED) is 0.442. The van der Waals surface area contributed by atoms with Gasteiger partial charge in [-0.2, -0.15) is 0 Å². The van der Waals surface area contributed by atoms with Gasteiger partial charge in [-0.25, -0.2) is 14.4 Å². The molecule has 0 radical (unpaired) electrons. The molecule has 3 N–H and O–H groups in total. The lowest BCUT2D eigenvalue weighted by atomic mass is 9.87. The summed E-state index contributed by atoms with van der Waals surface area (Å²) in [4.78, 5) is 31.6. The van der Waals surface area contributed by atoms with E-state index in [1.807, 2.05) is 0 Å². The molecular formula is C22H20ClFN4O5. The lowest BCUT2D eigenvalue weighted by Gasteiger charge is -2.26. The number of carbonyl (C=O) groups is 2. The van der Waals surface area contributed by atoms with Gasteiger partial charge in [-0.15, -0.1) is 0 Å². The van der Waals surface area contributed by atoms with E-state index >= 15 is 0 Å². The maximum atomic E-state index is 13.3. The molecule has 1 fully saturated rings. The van der Waals surface area contributed by atoms with Gasteiger partial charge in [-0.1, -0.05) is 11.6 Å². The van der Waals surface area contributed by atoms with Crippen molar-refractivity contribution in [1.29, 1.82) is 0 Å². The normalized spacial score (nSPS) is 17.9. The summed E-state index contributed by atoms with van der Waals surface area (Å²) in [6, 6.07) is 7.33. The predicted octanol–water partition coefficient (Wildman–Crippen LogP) is 4.88. The number of hydrogen-bond donors (Lipinski definition) is 3. The van der Waals surface area contributed by atoms with Crippen molar-refractivity contribution in [3.8, 4) is 5.88 Å². The standard InChI is InChI=1S/C22H20ClFN4O5/c23-16-9-13(3-7-17(16)24)28-22-26-11-18(33-22)20(29)27-14-4-8-19(25-10-14)32-15-5-1-12(2-6-15)21(30)31/h3-4,7-12,15H,1-2,5-6H2,(H,26,28)(H,27,29)(H,30,31). The van der Waals surface area contributed by atoms with Crippen molar-refractivity contribution in [3.05, 3.63) is 59.3 Å². The number of carbonyl (C=O) groups excluding carboxylic acids is 1. The van der Waals surface area contributed by atoms with E-state index in [4.69, 9.17) is 25.9 Å². The molecule has 1 saturated carbocycles. The molecular weight excluding hydrogens is 455 g/mol. The van der Waals surface area contributed by atoms with E-state index in [0.29, 0.717) is 42.9 Å². The molecule has 172 valence electrons. The fourth-order valence-corrected chi connectivity index (χ4v) is 3.63. The molecule has 9 nitrogen and oxygen atoms in total. The number of rotatable bonds is 7. The molecule has 1 aliphatic rings. The molecule has 33 heavy (non-hydrogen) atoms. The number of pyridine rings is 1. The average Bonchev–Trinajstić information content (AvgIpc) is 3.27. The number of anilines is 3. The van der Waals surface area contributed by atoms with Gasteiger partial charge >= 0.3 is 5.97 Å². The van der Waals surface area contributed by atoms with Crippen LogP contribution >= 0.6 is 11.6 Å². The van der Waals surface area contributed by atoms with E-state index in [9.17, 15) is 14.0 Å². The van der Waals surface area contributed by atoms with Crippen LogP contribution in [0.3, 0.4) is 0 Å². The summed E-state index contributed by atoms with van der Waals surface area (Å²) in [5, 5.41) is 14.5. The second-order valence-corrected chi connectivity index (χ2v) is 7.96. The monoisotopic (exact) mass is 474 g/mol. The van der Waals surface area contributed by atoms with Crippen LogP contribution in [0, 0.1) is 11.7 Å². The summed E-state index contributed by atoms with van der Waals surface area (Å²) in [6.45, 7) is 0. The lowest BCUT2D eigenvalue weighted by Crippen LogP contribution is -2.28. The summed E-state index contributed by atoms with van der Waals surface area (Å²) in [5.74, 6) is -1.80. The fraction of sp³-hybridized carbons (Fsp3) is 0.273. The third-order valence-corrected chi connectivity index (χ3v) is 5.50. The molecule has 0 unspecified atom stereocenters. The molecule has 3 aromatic rings. The lowest BCUT2D eigenvalue weighted by molar-refractivity contribution is -0.143. The Morgan fingerprint density at radius 2 is 1.85 bits per heavy atom. The fourth-order valence-electron chi connectivity index (χ4n) is 3.45. The number of hydrogen-bond acceptors (Lipinski definition) is 7. The number of nitrogens with zero attached hydrogens (tertiary/aromatic N) is 2. The van der Waals surface area contributed by atoms with Gasteiger partial charge < -0.3 is 24.9 Å². The van der Waals surface area contributed by atoms with Crippen molar-refractivity contribution in [1.82, 2.24) is 9.97 Å². The van der Waals surface area contributed by atoms with E-state index in [1.165, 1.54) is 30.6 Å². The third kappa shape index (κ3) is 5.78. The number of carboxylic acid groups (broad SMARTS) is 1. The van der Waals surface area contributed by atoms with Crippen LogP contribution in [0.4, 0.5) is 21.8 Å². The number of ether oxygens (including phenoxy) is 1. The first-order chi connectivity index (χ1) is 15.9. The smallest absolute Gasteiger partial charge is 0.306 e. The Labute approximate surface area is 192 Å². The first-order valence-corrected chi connectivity index (χ1v) is 10.6. The molecule has 1 amide bonds. The summed E-state index contributed by atoms with van der Waals surface area (Å²) >= 11 is 5.74. The number of benzene rings is 1. The number of aliphatic carboxylic acids is 1. The third-order valence-electron chi connectivity index (χ3n) is 5.21. The minimum absolute atomic E-state index is 0.0405. The summed E-state index contributed by atoms with van der Waals surface area (Å²) in [7, 11) is 0. The molecule has 1 aromatic carbocycles. The Hall–Kier alpha value is -3.66. The predicted molar refractivity (Wildman–Crippen MR) is 117 cm³/mol. The van der Waals surface area contributed by atoms with Gasteiger partial charge in [0.2, 0.25) is 11.6 Å². The summed E-state index contributed by atoms with van der Waals surface area (Å²) < 4.78 is 24.5. The van der Waals surface area contributed by atoms with Crippen LogP contribution in [0.25, 0.3) is 0 Å². The topological polar surface area (TPSA) is 127 Å². The average molecular weight is 475 g/mol. The number of nitrogens with one attached hydrogen (secondary N) is 2. The molecule has 0 aliphatic heterocycles. The minimum Gasteiger partial charge on any atom is -0.481 e. The van der Waals surface area contributed by atoms with Crippen molar-refractivity contribution < 1.29 is 28.2 Å². The number of carboxylic acids is 1. The molecule has 0 spiro atoms. The van der Waals surface area contributed by atoms with E-state index in [0.717, 1.165) is 0 Å². The number of aromatic nitrogens is 2. The van der Waals surface area contributed by atoms with Gasteiger partial charge in [0.15, 0.2) is 0 Å². The van der Waals surface area contributed by atoms with Crippen LogP contribution < -0.4 is 15.4 Å². The van der Waals surface area contributed by atoms with Gasteiger partial charge in [0.05, 0.1) is 29.0 Å². The van der Waals surface area contributed by atoms with Crippen LogP contribution in [0.5, 0.6) is 5.88 Å². The Balaban J connectivity index is 1.30. The number of oxazole rings is 1. The largest absolute Gasteiger partial charge is 0.481 e. The van der Waals surface area contributed by atoms with Crippen molar-refractivity contribution in [2.75, 3.05) is 10.6 Å². The summed E-state index contributed by atoms with van der Waals surface area (Å²) in [5.41, 5.74) is 0.879. The zero-order valence-corrected chi connectivity index (χ0v) is 18.0. The Bertz CT molecular complexity index is 1150. The SMILES string of the molecule is O=C(Nc1ccc(OC2CCC(C(=O)O)CC2)nc1)c1cnc(Nc2ccc(F)c(Cl)c2)o1. The molecule has 4 rings (SSSR count). The molecule has 0 bridgehead atoms. The Morgan fingerprint density at radius 3 is 2.52 bits per heavy atom. The van der Waals surface area contributed by atoms with Gasteiger partial charge in [0.25, 0.3) is 11.9 Å². The van der Waals surface area contributed by atoms with Crippen LogP contribution in [0.15, 0.2) is 47.1 Å². The van der Waals surface area contributed by atoms with Crippen LogP contribution in [0.2, 0.25) is 5.02 Å². The number of halogens is 2. The molecule has 0 atom stereocenters. The van der Waals surface area contributed by atoms with Gasteiger partial charge in [0, 0.05) is 11.8 Å². The second-order valence-electron chi connectivity index (χ2n) is 7.55. The van der Waals surface area contributed by atoms with Crippen molar-refractivity contribution in [2.45, 2.75) is 31.8 Å². The Morgan fingerprint density at radius 1 is 1.09 bits per heavy atom. The zero-order chi connectivity index (χ0) is 23.4. The Kier molecular flexibility index (Phi) is 6.74. The molecule has 2 heterocycles. The second kappa shape index (κ2) is 9.86. The van der Waals surface area contributed by atoms with Crippen molar-refractivity contribution in [3.63, 3.8) is 0 Å². The molecule has 0 saturated heterocycles. The minimum atomic E-state index is -0.763. The molecule has 2 aromatic heterocycles. The van der Waals surface area contributed by atoms with Gasteiger partial charge in [0.1, 0.15) is 11.9 Å². The highest BCUT2D eigenvalue weighted by atomic mass is 35.5. The van der Waals surface area contributed by atoms with Crippen LogP contribution in [-0.2, 0) is 4.79 Å². The van der Waals surface area contributed by atoms with E-state index in [1.54, 1.807) is 12.1 Å². The molecule has 11 heteroatoms. The maximum Gasteiger partial charge on any atom is 0.306 e. The highest BCUT2D eigenvalue weighted by molar-refractivity contribution is 6.31. The van der Waals surface area contributed by atoms with Gasteiger partial charge in [-0.3, -0.25) is 9.59 Å². The van der Waals surface area contributed by atoms with Crippen molar-refractivity contribution in [2.24, 2.45) is 5.92 Å². The highest BCUT2D eigenvalue weighted by Gasteiger charge is 2.27. The highest BCUT2D eigenvalue weighted by Crippen LogP contribution is 2.28. The number of amides is 1. The maximum absolute atomic E-state index is 13.3. The zero-order valence-electron chi connectivity index (χ0n) is 17.3. The van der Waals surface area contributed by atoms with Gasteiger partial charge in [-0.05, 0) is 49.9 Å². The first kappa shape index (κ1) is 22.5. The molecule has 1 aliphatic carbocycles.